The zero-order valence-electron chi connectivity index (χ0n) is 12.8. The summed E-state index contributed by atoms with van der Waals surface area (Å²) in [6, 6.07) is 6.19. The Labute approximate surface area is 130 Å². The third-order valence-electron chi connectivity index (χ3n) is 3.13. The Balaban J connectivity index is 2.33. The SMILES string of the molecule is CCNc1ncc(Cl)c(Oc2cc(C(C)C)ccc2C)n1. The molecular weight excluding hydrogens is 286 g/mol. The molecule has 1 heterocycles. The van der Waals surface area contributed by atoms with Crippen LogP contribution in [0.5, 0.6) is 11.6 Å². The van der Waals surface area contributed by atoms with Crippen LogP contribution in [0.2, 0.25) is 5.02 Å². The Morgan fingerprint density at radius 3 is 2.76 bits per heavy atom. The van der Waals surface area contributed by atoms with Crippen LogP contribution in [-0.2, 0) is 0 Å². The summed E-state index contributed by atoms with van der Waals surface area (Å²) in [5, 5.41) is 3.44. The van der Waals surface area contributed by atoms with Crippen LogP contribution in [0.15, 0.2) is 24.4 Å². The fourth-order valence-electron chi connectivity index (χ4n) is 1.86. The molecule has 1 N–H and O–H groups in total. The number of aryl methyl sites for hydroxylation is 1. The molecule has 112 valence electrons. The minimum absolute atomic E-state index is 0.367. The molecule has 4 nitrogen and oxygen atoms in total. The van der Waals surface area contributed by atoms with E-state index in [-0.39, 0.29) is 0 Å². The minimum Gasteiger partial charge on any atom is -0.437 e. The maximum Gasteiger partial charge on any atom is 0.243 e. The number of rotatable bonds is 5. The van der Waals surface area contributed by atoms with Crippen LogP contribution in [0.3, 0.4) is 0 Å². The van der Waals surface area contributed by atoms with Crippen molar-refractivity contribution >= 4 is 17.5 Å². The fourth-order valence-corrected chi connectivity index (χ4v) is 1.99. The lowest BCUT2D eigenvalue weighted by Crippen LogP contribution is -2.03. The molecule has 0 bridgehead atoms. The van der Waals surface area contributed by atoms with E-state index in [1.54, 1.807) is 6.20 Å². The van der Waals surface area contributed by atoms with Crippen LogP contribution >= 0.6 is 11.6 Å². The highest BCUT2D eigenvalue weighted by Crippen LogP contribution is 2.31. The fraction of sp³-hybridized carbons (Fsp3) is 0.375. The van der Waals surface area contributed by atoms with Crippen molar-refractivity contribution in [1.29, 1.82) is 0 Å². The number of hydrogen-bond donors (Lipinski definition) is 1. The van der Waals surface area contributed by atoms with E-state index in [2.05, 4.69) is 35.2 Å². The Hall–Kier alpha value is -1.81. The first-order valence-electron chi connectivity index (χ1n) is 7.06. The summed E-state index contributed by atoms with van der Waals surface area (Å²) in [5.74, 6) is 2.08. The van der Waals surface area contributed by atoms with E-state index < -0.39 is 0 Å². The van der Waals surface area contributed by atoms with Gasteiger partial charge in [0.15, 0.2) is 0 Å². The maximum atomic E-state index is 6.12. The molecular formula is C16H20ClN3O. The van der Waals surface area contributed by atoms with Gasteiger partial charge in [-0.3, -0.25) is 0 Å². The van der Waals surface area contributed by atoms with Gasteiger partial charge in [-0.15, -0.1) is 0 Å². The third-order valence-corrected chi connectivity index (χ3v) is 3.39. The molecule has 0 saturated heterocycles. The number of anilines is 1. The number of ether oxygens (including phenoxy) is 1. The van der Waals surface area contributed by atoms with Gasteiger partial charge in [0.25, 0.3) is 0 Å². The predicted octanol–water partition coefficient (Wildman–Crippen LogP) is 4.79. The standard InChI is InChI=1S/C16H20ClN3O/c1-5-18-16-19-9-13(17)15(20-16)21-14-8-12(10(2)3)7-6-11(14)4/h6-10H,5H2,1-4H3,(H,18,19,20). The molecule has 1 aromatic carbocycles. The minimum atomic E-state index is 0.367. The van der Waals surface area contributed by atoms with Gasteiger partial charge in [-0.1, -0.05) is 37.6 Å². The van der Waals surface area contributed by atoms with Crippen molar-refractivity contribution in [3.05, 3.63) is 40.5 Å². The first-order chi connectivity index (χ1) is 10.0. The largest absolute Gasteiger partial charge is 0.437 e. The van der Waals surface area contributed by atoms with Crippen LogP contribution in [0, 0.1) is 6.92 Å². The van der Waals surface area contributed by atoms with Gasteiger partial charge in [-0.25, -0.2) is 4.98 Å². The van der Waals surface area contributed by atoms with Crippen molar-refractivity contribution in [3.8, 4) is 11.6 Å². The second-order valence-electron chi connectivity index (χ2n) is 5.16. The van der Waals surface area contributed by atoms with Gasteiger partial charge in [0, 0.05) is 6.54 Å². The molecule has 2 rings (SSSR count). The van der Waals surface area contributed by atoms with Crippen LogP contribution in [-0.4, -0.2) is 16.5 Å². The van der Waals surface area contributed by atoms with E-state index in [0.717, 1.165) is 17.9 Å². The zero-order valence-corrected chi connectivity index (χ0v) is 13.5. The quantitative estimate of drug-likeness (QED) is 0.863. The third kappa shape index (κ3) is 3.85. The Kier molecular flexibility index (Phi) is 5.02. The molecule has 0 fully saturated rings. The number of nitrogens with one attached hydrogen (secondary N) is 1. The van der Waals surface area contributed by atoms with E-state index in [4.69, 9.17) is 16.3 Å². The number of benzene rings is 1. The predicted molar refractivity (Wildman–Crippen MR) is 86.5 cm³/mol. The molecule has 1 aromatic heterocycles. The van der Waals surface area contributed by atoms with Gasteiger partial charge >= 0.3 is 0 Å². The molecule has 5 heteroatoms. The van der Waals surface area contributed by atoms with Crippen molar-refractivity contribution in [1.82, 2.24) is 9.97 Å². The molecule has 0 spiro atoms. The number of nitrogens with zero attached hydrogens (tertiary/aromatic N) is 2. The lowest BCUT2D eigenvalue weighted by atomic mass is 10.0. The number of aromatic nitrogens is 2. The molecule has 0 atom stereocenters. The normalized spacial score (nSPS) is 10.8. The summed E-state index contributed by atoms with van der Waals surface area (Å²) in [6.45, 7) is 9.02. The Morgan fingerprint density at radius 2 is 2.10 bits per heavy atom. The highest BCUT2D eigenvalue weighted by atomic mass is 35.5. The Bertz CT molecular complexity index is 629. The molecule has 0 aliphatic rings. The van der Waals surface area contributed by atoms with Gasteiger partial charge in [-0.05, 0) is 37.0 Å². The van der Waals surface area contributed by atoms with E-state index in [1.165, 1.54) is 5.56 Å². The van der Waals surface area contributed by atoms with E-state index in [9.17, 15) is 0 Å². The van der Waals surface area contributed by atoms with Crippen molar-refractivity contribution in [2.24, 2.45) is 0 Å². The summed E-state index contributed by atoms with van der Waals surface area (Å²) >= 11 is 6.12. The maximum absolute atomic E-state index is 6.12. The van der Waals surface area contributed by atoms with Crippen LogP contribution in [0.1, 0.15) is 37.8 Å². The van der Waals surface area contributed by atoms with Crippen LogP contribution in [0.25, 0.3) is 0 Å². The van der Waals surface area contributed by atoms with Gasteiger partial charge in [0.05, 0.1) is 6.20 Å². The number of halogens is 1. The average Bonchev–Trinajstić information content (AvgIpc) is 2.45. The smallest absolute Gasteiger partial charge is 0.243 e. The molecule has 0 unspecified atom stereocenters. The summed E-state index contributed by atoms with van der Waals surface area (Å²) in [4.78, 5) is 8.40. The summed E-state index contributed by atoms with van der Waals surface area (Å²) in [5.41, 5.74) is 2.26. The Morgan fingerprint density at radius 1 is 1.33 bits per heavy atom. The van der Waals surface area contributed by atoms with Crippen molar-refractivity contribution in [2.75, 3.05) is 11.9 Å². The van der Waals surface area contributed by atoms with Gasteiger partial charge in [0.2, 0.25) is 11.8 Å². The number of hydrogen-bond acceptors (Lipinski definition) is 4. The molecule has 0 aliphatic heterocycles. The highest BCUT2D eigenvalue weighted by molar-refractivity contribution is 6.31. The highest BCUT2D eigenvalue weighted by Gasteiger charge is 2.11. The second kappa shape index (κ2) is 6.76. The average molecular weight is 306 g/mol. The second-order valence-corrected chi connectivity index (χ2v) is 5.57. The molecule has 21 heavy (non-hydrogen) atoms. The lowest BCUT2D eigenvalue weighted by molar-refractivity contribution is 0.458. The van der Waals surface area contributed by atoms with E-state index in [0.29, 0.717) is 22.8 Å². The molecule has 0 aliphatic carbocycles. The van der Waals surface area contributed by atoms with Gasteiger partial charge < -0.3 is 10.1 Å². The summed E-state index contributed by atoms with van der Waals surface area (Å²) in [6.07, 6.45) is 1.55. The van der Waals surface area contributed by atoms with E-state index in [1.807, 2.05) is 26.0 Å². The van der Waals surface area contributed by atoms with Crippen molar-refractivity contribution < 1.29 is 4.74 Å². The summed E-state index contributed by atoms with van der Waals surface area (Å²) in [7, 11) is 0. The van der Waals surface area contributed by atoms with Crippen molar-refractivity contribution in [3.63, 3.8) is 0 Å². The summed E-state index contributed by atoms with van der Waals surface area (Å²) < 4.78 is 5.89. The van der Waals surface area contributed by atoms with Crippen LogP contribution < -0.4 is 10.1 Å². The first kappa shape index (κ1) is 15.6. The first-order valence-corrected chi connectivity index (χ1v) is 7.43. The molecule has 0 radical (unpaired) electrons. The van der Waals surface area contributed by atoms with Crippen molar-refractivity contribution in [2.45, 2.75) is 33.6 Å². The topological polar surface area (TPSA) is 47.0 Å². The molecule has 0 amide bonds. The monoisotopic (exact) mass is 305 g/mol. The zero-order chi connectivity index (χ0) is 15.4. The molecule has 0 saturated carbocycles. The molecule has 2 aromatic rings. The van der Waals surface area contributed by atoms with Gasteiger partial charge in [-0.2, -0.15) is 4.98 Å². The van der Waals surface area contributed by atoms with Crippen LogP contribution in [0.4, 0.5) is 5.95 Å². The lowest BCUT2D eigenvalue weighted by Gasteiger charge is -2.13. The van der Waals surface area contributed by atoms with E-state index >= 15 is 0 Å². The van der Waals surface area contributed by atoms with Gasteiger partial charge in [0.1, 0.15) is 10.8 Å².